The molecule has 0 saturated heterocycles. The predicted molar refractivity (Wildman–Crippen MR) is 79.5 cm³/mol. The molecule has 1 aromatic heterocycles. The average Bonchev–Trinajstić information content (AvgIpc) is 2.79. The van der Waals surface area contributed by atoms with Crippen LogP contribution in [0.4, 0.5) is 8.78 Å². The van der Waals surface area contributed by atoms with E-state index < -0.39 is 17.7 Å². The number of benzene rings is 1. The molecule has 21 heavy (non-hydrogen) atoms. The van der Waals surface area contributed by atoms with Gasteiger partial charge < -0.3 is 5.32 Å². The fourth-order valence-corrected chi connectivity index (χ4v) is 2.60. The largest absolute Gasteiger partial charge is 0.305 e. The van der Waals surface area contributed by atoms with E-state index in [9.17, 15) is 8.78 Å². The highest BCUT2D eigenvalue weighted by molar-refractivity contribution is 6.31. The van der Waals surface area contributed by atoms with Crippen LogP contribution in [0.5, 0.6) is 0 Å². The summed E-state index contributed by atoms with van der Waals surface area (Å²) in [5.41, 5.74) is 0.529. The van der Waals surface area contributed by atoms with Gasteiger partial charge in [0.2, 0.25) is 0 Å². The molecule has 0 aliphatic carbocycles. The van der Waals surface area contributed by atoms with Gasteiger partial charge in [-0.05, 0) is 32.5 Å². The molecular formula is C15H18ClF2N3. The highest BCUT2D eigenvalue weighted by atomic mass is 35.5. The fourth-order valence-electron chi connectivity index (χ4n) is 2.36. The van der Waals surface area contributed by atoms with Crippen molar-refractivity contribution in [3.05, 3.63) is 52.3 Å². The van der Waals surface area contributed by atoms with Gasteiger partial charge in [-0.25, -0.2) is 8.78 Å². The Morgan fingerprint density at radius 1 is 1.29 bits per heavy atom. The zero-order valence-electron chi connectivity index (χ0n) is 12.2. The summed E-state index contributed by atoms with van der Waals surface area (Å²) in [7, 11) is 0. The number of nitrogens with zero attached hydrogens (tertiary/aromatic N) is 2. The molecule has 0 radical (unpaired) electrons. The van der Waals surface area contributed by atoms with Gasteiger partial charge in [-0.1, -0.05) is 24.6 Å². The first-order chi connectivity index (χ1) is 9.97. The fraction of sp³-hybridized carbons (Fsp3) is 0.400. The van der Waals surface area contributed by atoms with Gasteiger partial charge in [0.05, 0.1) is 23.0 Å². The maximum absolute atomic E-state index is 14.1. The van der Waals surface area contributed by atoms with E-state index in [1.165, 1.54) is 24.4 Å². The van der Waals surface area contributed by atoms with Crippen molar-refractivity contribution in [2.75, 3.05) is 6.54 Å². The Hall–Kier alpha value is -1.46. The average molecular weight is 314 g/mol. The van der Waals surface area contributed by atoms with Gasteiger partial charge in [0, 0.05) is 11.6 Å². The first kappa shape index (κ1) is 15.9. The maximum atomic E-state index is 14.1. The molecule has 2 rings (SSSR count). The first-order valence-electron chi connectivity index (χ1n) is 6.87. The summed E-state index contributed by atoms with van der Waals surface area (Å²) in [5.74, 6) is -1.21. The summed E-state index contributed by atoms with van der Waals surface area (Å²) in [5, 5.41) is 7.68. The Bertz CT molecular complexity index is 605. The van der Waals surface area contributed by atoms with E-state index in [0.29, 0.717) is 17.3 Å². The van der Waals surface area contributed by atoms with Crippen molar-refractivity contribution in [1.29, 1.82) is 0 Å². The van der Waals surface area contributed by atoms with E-state index in [-0.39, 0.29) is 11.6 Å². The van der Waals surface area contributed by atoms with E-state index in [0.717, 1.165) is 0 Å². The number of aromatic nitrogens is 2. The normalized spacial score (nSPS) is 12.9. The molecular weight excluding hydrogens is 296 g/mol. The van der Waals surface area contributed by atoms with Crippen LogP contribution in [0.25, 0.3) is 0 Å². The number of nitrogens with one attached hydrogen (secondary N) is 1. The minimum absolute atomic E-state index is 0.0310. The number of hydrogen-bond acceptors (Lipinski definition) is 2. The van der Waals surface area contributed by atoms with Crippen molar-refractivity contribution in [3.8, 4) is 0 Å². The standard InChI is InChI=1S/C15H18ClF2N3/c1-4-19-14(13-11(17)6-5-7-12(13)18)15-10(16)8-20-21(15)9(2)3/h5-9,14,19H,4H2,1-3H3. The lowest BCUT2D eigenvalue weighted by Crippen LogP contribution is -2.27. The zero-order valence-corrected chi connectivity index (χ0v) is 13.0. The molecule has 0 bridgehead atoms. The zero-order chi connectivity index (χ0) is 15.6. The van der Waals surface area contributed by atoms with Crippen molar-refractivity contribution in [2.24, 2.45) is 0 Å². The van der Waals surface area contributed by atoms with Crippen LogP contribution in [0.15, 0.2) is 24.4 Å². The molecule has 1 unspecified atom stereocenters. The molecule has 0 aliphatic heterocycles. The SMILES string of the molecule is CCNC(c1c(F)cccc1F)c1c(Cl)cnn1C(C)C. The Balaban J connectivity index is 2.62. The summed E-state index contributed by atoms with van der Waals surface area (Å²) in [6.07, 6.45) is 1.50. The lowest BCUT2D eigenvalue weighted by Gasteiger charge is -2.23. The lowest BCUT2D eigenvalue weighted by molar-refractivity contribution is 0.453. The van der Waals surface area contributed by atoms with Crippen molar-refractivity contribution >= 4 is 11.6 Å². The number of hydrogen-bond donors (Lipinski definition) is 1. The third-order valence-electron chi connectivity index (χ3n) is 3.25. The molecule has 0 spiro atoms. The maximum Gasteiger partial charge on any atom is 0.131 e. The minimum Gasteiger partial charge on any atom is -0.305 e. The van der Waals surface area contributed by atoms with Crippen molar-refractivity contribution in [1.82, 2.24) is 15.1 Å². The van der Waals surface area contributed by atoms with Crippen LogP contribution in [0.1, 0.15) is 44.1 Å². The Morgan fingerprint density at radius 2 is 1.90 bits per heavy atom. The van der Waals surface area contributed by atoms with E-state index in [4.69, 9.17) is 11.6 Å². The van der Waals surface area contributed by atoms with Gasteiger partial charge in [0.1, 0.15) is 11.6 Å². The van der Waals surface area contributed by atoms with Gasteiger partial charge >= 0.3 is 0 Å². The molecule has 1 N–H and O–H groups in total. The monoisotopic (exact) mass is 313 g/mol. The van der Waals surface area contributed by atoms with Gasteiger partial charge in [0.25, 0.3) is 0 Å². The molecule has 0 saturated carbocycles. The summed E-state index contributed by atoms with van der Waals surface area (Å²) >= 11 is 6.21. The molecule has 1 aromatic carbocycles. The molecule has 3 nitrogen and oxygen atoms in total. The van der Waals surface area contributed by atoms with Gasteiger partial charge in [0.15, 0.2) is 0 Å². The van der Waals surface area contributed by atoms with Gasteiger partial charge in [-0.3, -0.25) is 4.68 Å². The Morgan fingerprint density at radius 3 is 2.43 bits per heavy atom. The van der Waals surface area contributed by atoms with E-state index in [1.54, 1.807) is 4.68 Å². The Labute approximate surface area is 127 Å². The first-order valence-corrected chi connectivity index (χ1v) is 7.25. The van der Waals surface area contributed by atoms with Crippen LogP contribution in [0.2, 0.25) is 5.02 Å². The van der Waals surface area contributed by atoms with Crippen LogP contribution < -0.4 is 5.32 Å². The number of rotatable bonds is 5. The lowest BCUT2D eigenvalue weighted by atomic mass is 10.0. The highest BCUT2D eigenvalue weighted by Gasteiger charge is 2.27. The third kappa shape index (κ3) is 3.09. The molecule has 0 aliphatic rings. The topological polar surface area (TPSA) is 29.9 Å². The quantitative estimate of drug-likeness (QED) is 0.901. The van der Waals surface area contributed by atoms with Gasteiger partial charge in [-0.2, -0.15) is 5.10 Å². The smallest absolute Gasteiger partial charge is 0.131 e. The third-order valence-corrected chi connectivity index (χ3v) is 3.54. The van der Waals surface area contributed by atoms with E-state index in [2.05, 4.69) is 10.4 Å². The molecule has 114 valence electrons. The van der Waals surface area contributed by atoms with Crippen LogP contribution in [0.3, 0.4) is 0 Å². The van der Waals surface area contributed by atoms with Crippen molar-refractivity contribution < 1.29 is 8.78 Å². The summed E-state index contributed by atoms with van der Waals surface area (Å²) in [6, 6.07) is 3.18. The predicted octanol–water partition coefficient (Wildman–Crippen LogP) is 4.09. The summed E-state index contributed by atoms with van der Waals surface area (Å²) in [4.78, 5) is 0. The molecule has 6 heteroatoms. The second-order valence-corrected chi connectivity index (χ2v) is 5.45. The summed E-state index contributed by atoms with van der Waals surface area (Å²) in [6.45, 7) is 6.29. The molecule has 1 heterocycles. The molecule has 1 atom stereocenters. The molecule has 2 aromatic rings. The van der Waals surface area contributed by atoms with Crippen LogP contribution in [-0.4, -0.2) is 16.3 Å². The van der Waals surface area contributed by atoms with Gasteiger partial charge in [-0.15, -0.1) is 0 Å². The molecule has 0 amide bonds. The van der Waals surface area contributed by atoms with E-state index >= 15 is 0 Å². The van der Waals surface area contributed by atoms with Crippen molar-refractivity contribution in [2.45, 2.75) is 32.9 Å². The van der Waals surface area contributed by atoms with Crippen LogP contribution in [-0.2, 0) is 0 Å². The minimum atomic E-state index is -0.686. The van der Waals surface area contributed by atoms with Crippen molar-refractivity contribution in [3.63, 3.8) is 0 Å². The molecule has 0 fully saturated rings. The summed E-state index contributed by atoms with van der Waals surface area (Å²) < 4.78 is 29.9. The second kappa shape index (κ2) is 6.54. The second-order valence-electron chi connectivity index (χ2n) is 5.04. The number of halogens is 3. The Kier molecular flexibility index (Phi) is 4.96. The van der Waals surface area contributed by atoms with Crippen LogP contribution in [0, 0.1) is 11.6 Å². The highest BCUT2D eigenvalue weighted by Crippen LogP contribution is 2.32. The van der Waals surface area contributed by atoms with Crippen LogP contribution >= 0.6 is 11.6 Å². The van der Waals surface area contributed by atoms with E-state index in [1.807, 2.05) is 20.8 Å².